The quantitative estimate of drug-likeness (QED) is 0.741. The third kappa shape index (κ3) is 3.35. The fourth-order valence-electron chi connectivity index (χ4n) is 3.18. The number of phenols is 1. The third-order valence-electron chi connectivity index (χ3n) is 4.62. The zero-order valence-corrected chi connectivity index (χ0v) is 15.1. The number of nitrogens with zero attached hydrogens (tertiary/aromatic N) is 3. The number of fused-ring (bicyclic) bond motifs is 1. The molecular weight excluding hydrogens is 330 g/mol. The van der Waals surface area contributed by atoms with E-state index in [4.69, 9.17) is 0 Å². The molecule has 0 aliphatic rings. The first-order valence-electron chi connectivity index (χ1n) is 8.71. The molecule has 0 spiro atoms. The number of hydrogen-bond acceptors (Lipinski definition) is 3. The number of benzene rings is 2. The second-order valence-corrected chi connectivity index (χ2v) is 6.30. The van der Waals surface area contributed by atoms with E-state index in [1.165, 1.54) is 0 Å². The van der Waals surface area contributed by atoms with Crippen LogP contribution in [-0.2, 0) is 24.4 Å². The number of hydrogen-bond donors (Lipinski definition) is 1. The Morgan fingerprint density at radius 3 is 2.31 bits per heavy atom. The molecule has 3 aromatic rings. The molecule has 26 heavy (non-hydrogen) atoms. The van der Waals surface area contributed by atoms with E-state index < -0.39 is 0 Å². The van der Waals surface area contributed by atoms with Crippen molar-refractivity contribution >= 4 is 16.9 Å². The molecule has 0 radical (unpaired) electrons. The SMILES string of the molecule is CCn1c(=O)n(CCC(=O)N(C)Cc2ccccc2O)c2ccccc21. The first kappa shape index (κ1) is 17.8. The maximum atomic E-state index is 12.6. The number of carbonyl (C=O) groups is 1. The van der Waals surface area contributed by atoms with E-state index in [9.17, 15) is 14.7 Å². The molecule has 0 bridgehead atoms. The average molecular weight is 353 g/mol. The number of carbonyl (C=O) groups excluding carboxylic acids is 1. The number of aromatic nitrogens is 2. The number of imidazole rings is 1. The summed E-state index contributed by atoms with van der Waals surface area (Å²) in [5, 5.41) is 9.85. The topological polar surface area (TPSA) is 67.5 Å². The summed E-state index contributed by atoms with van der Waals surface area (Å²) in [5.41, 5.74) is 2.33. The van der Waals surface area contributed by atoms with Gasteiger partial charge in [0.1, 0.15) is 5.75 Å². The van der Waals surface area contributed by atoms with Crippen molar-refractivity contribution in [3.8, 4) is 5.75 Å². The summed E-state index contributed by atoms with van der Waals surface area (Å²) in [6.45, 7) is 3.18. The van der Waals surface area contributed by atoms with E-state index in [0.717, 1.165) is 11.0 Å². The Labute approximate surface area is 151 Å². The van der Waals surface area contributed by atoms with Crippen molar-refractivity contribution in [2.75, 3.05) is 7.05 Å². The van der Waals surface area contributed by atoms with E-state index in [0.29, 0.717) is 25.2 Å². The summed E-state index contributed by atoms with van der Waals surface area (Å²) >= 11 is 0. The minimum atomic E-state index is -0.0927. The van der Waals surface area contributed by atoms with Gasteiger partial charge in [-0.2, -0.15) is 0 Å². The highest BCUT2D eigenvalue weighted by Gasteiger charge is 2.15. The van der Waals surface area contributed by atoms with Crippen LogP contribution in [0.1, 0.15) is 18.9 Å². The van der Waals surface area contributed by atoms with Crippen LogP contribution in [0.15, 0.2) is 53.3 Å². The van der Waals surface area contributed by atoms with E-state index in [-0.39, 0.29) is 23.8 Å². The van der Waals surface area contributed by atoms with Crippen molar-refractivity contribution in [3.05, 3.63) is 64.6 Å². The maximum Gasteiger partial charge on any atom is 0.329 e. The third-order valence-corrected chi connectivity index (χ3v) is 4.62. The first-order valence-corrected chi connectivity index (χ1v) is 8.71. The van der Waals surface area contributed by atoms with Crippen LogP contribution in [0.5, 0.6) is 5.75 Å². The normalized spacial score (nSPS) is 11.0. The summed E-state index contributed by atoms with van der Waals surface area (Å²) < 4.78 is 3.37. The van der Waals surface area contributed by atoms with Crippen molar-refractivity contribution in [2.24, 2.45) is 0 Å². The molecule has 1 amide bonds. The second kappa shape index (κ2) is 7.47. The van der Waals surface area contributed by atoms with E-state index >= 15 is 0 Å². The molecule has 0 saturated heterocycles. The molecule has 1 N–H and O–H groups in total. The standard InChI is InChI=1S/C20H23N3O3/c1-3-22-16-9-5-6-10-17(16)23(20(22)26)13-12-19(25)21(2)14-15-8-4-7-11-18(15)24/h4-11,24H,3,12-14H2,1-2H3. The molecule has 3 rings (SSSR count). The van der Waals surface area contributed by atoms with Crippen LogP contribution in [-0.4, -0.2) is 32.1 Å². The van der Waals surface area contributed by atoms with Gasteiger partial charge in [-0.15, -0.1) is 0 Å². The molecule has 6 heteroatoms. The van der Waals surface area contributed by atoms with Crippen molar-refractivity contribution in [2.45, 2.75) is 33.0 Å². The molecule has 1 aromatic heterocycles. The molecule has 0 aliphatic heterocycles. The summed E-state index contributed by atoms with van der Waals surface area (Å²) in [4.78, 5) is 26.7. The first-order chi connectivity index (χ1) is 12.5. The van der Waals surface area contributed by atoms with Crippen molar-refractivity contribution in [1.29, 1.82) is 0 Å². The molecule has 0 aliphatic carbocycles. The maximum absolute atomic E-state index is 12.6. The van der Waals surface area contributed by atoms with Crippen LogP contribution in [0.25, 0.3) is 11.0 Å². The second-order valence-electron chi connectivity index (χ2n) is 6.30. The molecule has 0 atom stereocenters. The monoisotopic (exact) mass is 353 g/mol. The minimum absolute atomic E-state index is 0.0755. The number of para-hydroxylation sites is 3. The summed E-state index contributed by atoms with van der Waals surface area (Å²) in [6, 6.07) is 14.6. The van der Waals surface area contributed by atoms with Crippen molar-refractivity contribution in [3.63, 3.8) is 0 Å². The van der Waals surface area contributed by atoms with Gasteiger partial charge in [-0.3, -0.25) is 13.9 Å². The molecule has 0 unspecified atom stereocenters. The van der Waals surface area contributed by atoms with Crippen molar-refractivity contribution in [1.82, 2.24) is 14.0 Å². The largest absolute Gasteiger partial charge is 0.508 e. The highest BCUT2D eigenvalue weighted by Crippen LogP contribution is 2.18. The number of aromatic hydroxyl groups is 1. The molecular formula is C20H23N3O3. The zero-order valence-electron chi connectivity index (χ0n) is 15.1. The van der Waals surface area contributed by atoms with Crippen LogP contribution in [0.2, 0.25) is 0 Å². The van der Waals surface area contributed by atoms with E-state index in [1.807, 2.05) is 37.3 Å². The zero-order chi connectivity index (χ0) is 18.7. The number of phenolic OH excluding ortho intramolecular Hbond substituents is 1. The van der Waals surface area contributed by atoms with Gasteiger partial charge in [0.2, 0.25) is 5.91 Å². The number of rotatable bonds is 6. The van der Waals surface area contributed by atoms with Gasteiger partial charge < -0.3 is 10.0 Å². The lowest BCUT2D eigenvalue weighted by molar-refractivity contribution is -0.130. The molecule has 2 aromatic carbocycles. The lowest BCUT2D eigenvalue weighted by atomic mass is 10.2. The molecule has 0 fully saturated rings. The molecule has 136 valence electrons. The summed E-state index contributed by atoms with van der Waals surface area (Å²) in [5.74, 6) is 0.0999. The van der Waals surface area contributed by atoms with Crippen LogP contribution in [0.4, 0.5) is 0 Å². The Morgan fingerprint density at radius 2 is 1.65 bits per heavy atom. The Morgan fingerprint density at radius 1 is 1.04 bits per heavy atom. The van der Waals surface area contributed by atoms with Gasteiger partial charge in [0.15, 0.2) is 0 Å². The van der Waals surface area contributed by atoms with Gasteiger partial charge >= 0.3 is 5.69 Å². The lowest BCUT2D eigenvalue weighted by Crippen LogP contribution is -2.29. The van der Waals surface area contributed by atoms with Gasteiger partial charge in [-0.05, 0) is 25.1 Å². The molecule has 1 heterocycles. The lowest BCUT2D eigenvalue weighted by Gasteiger charge is -2.18. The Bertz CT molecular complexity index is 987. The minimum Gasteiger partial charge on any atom is -0.508 e. The molecule has 6 nitrogen and oxygen atoms in total. The fraction of sp³-hybridized carbons (Fsp3) is 0.300. The predicted octanol–water partition coefficient (Wildman–Crippen LogP) is 2.58. The number of aryl methyl sites for hydroxylation is 2. The van der Waals surface area contributed by atoms with Gasteiger partial charge in [0.25, 0.3) is 0 Å². The van der Waals surface area contributed by atoms with Gasteiger partial charge in [0.05, 0.1) is 11.0 Å². The predicted molar refractivity (Wildman–Crippen MR) is 101 cm³/mol. The van der Waals surface area contributed by atoms with Crippen LogP contribution in [0, 0.1) is 0 Å². The van der Waals surface area contributed by atoms with Crippen LogP contribution >= 0.6 is 0 Å². The Balaban J connectivity index is 1.74. The van der Waals surface area contributed by atoms with E-state index in [2.05, 4.69) is 0 Å². The average Bonchev–Trinajstić information content (AvgIpc) is 2.92. The van der Waals surface area contributed by atoms with Crippen LogP contribution in [0.3, 0.4) is 0 Å². The highest BCUT2D eigenvalue weighted by molar-refractivity contribution is 5.78. The number of amides is 1. The fourth-order valence-corrected chi connectivity index (χ4v) is 3.18. The summed E-state index contributed by atoms with van der Waals surface area (Å²) in [6.07, 6.45) is 0.224. The van der Waals surface area contributed by atoms with Gasteiger partial charge in [-0.25, -0.2) is 4.79 Å². The van der Waals surface area contributed by atoms with Crippen LogP contribution < -0.4 is 5.69 Å². The Hall–Kier alpha value is -3.02. The van der Waals surface area contributed by atoms with Crippen molar-refractivity contribution < 1.29 is 9.90 Å². The van der Waals surface area contributed by atoms with Gasteiger partial charge in [0, 0.05) is 38.7 Å². The van der Waals surface area contributed by atoms with E-state index in [1.54, 1.807) is 39.3 Å². The highest BCUT2D eigenvalue weighted by atomic mass is 16.3. The van der Waals surface area contributed by atoms with Gasteiger partial charge in [-0.1, -0.05) is 30.3 Å². The Kier molecular flexibility index (Phi) is 5.11. The summed E-state index contributed by atoms with van der Waals surface area (Å²) in [7, 11) is 1.70. The smallest absolute Gasteiger partial charge is 0.329 e. The molecule has 0 saturated carbocycles.